The second-order valence-corrected chi connectivity index (χ2v) is 9.78. The largest absolute Gasteiger partial charge is 0.336 e. The van der Waals surface area contributed by atoms with E-state index in [0.29, 0.717) is 29.4 Å². The van der Waals surface area contributed by atoms with Crippen molar-refractivity contribution in [2.45, 2.75) is 31.5 Å². The van der Waals surface area contributed by atoms with Crippen molar-refractivity contribution in [1.82, 2.24) is 14.9 Å². The molecule has 4 aromatic rings. The maximum Gasteiger partial charge on any atom is 0.244 e. The monoisotopic (exact) mass is 504 g/mol. The topological polar surface area (TPSA) is 50.2 Å². The highest BCUT2D eigenvalue weighted by atomic mass is 35.5. The van der Waals surface area contributed by atoms with Crippen molar-refractivity contribution in [2.75, 3.05) is 4.90 Å². The van der Waals surface area contributed by atoms with E-state index in [4.69, 9.17) is 23.2 Å². The van der Waals surface area contributed by atoms with Crippen LogP contribution in [0, 0.1) is 0 Å². The van der Waals surface area contributed by atoms with Crippen LogP contribution in [0.25, 0.3) is 0 Å². The third-order valence-corrected chi connectivity index (χ3v) is 7.01. The molecule has 2 unspecified atom stereocenters. The summed E-state index contributed by atoms with van der Waals surface area (Å²) in [7, 11) is 1.97. The van der Waals surface area contributed by atoms with Gasteiger partial charge in [0.05, 0.1) is 30.6 Å². The summed E-state index contributed by atoms with van der Waals surface area (Å²) in [5.41, 5.74) is 5.24. The zero-order valence-corrected chi connectivity index (χ0v) is 20.9. The predicted molar refractivity (Wildman–Crippen MR) is 141 cm³/mol. The average Bonchev–Trinajstić information content (AvgIpc) is 3.23. The quantitative estimate of drug-likeness (QED) is 0.363. The highest BCUT2D eigenvalue weighted by molar-refractivity contribution is 6.31. The Kier molecular flexibility index (Phi) is 6.91. The molecule has 2 atom stereocenters. The van der Waals surface area contributed by atoms with Crippen LogP contribution in [0.4, 0.5) is 5.69 Å². The number of anilines is 1. The Hall–Kier alpha value is -3.12. The van der Waals surface area contributed by atoms with Crippen LogP contribution in [0.3, 0.4) is 0 Å². The minimum absolute atomic E-state index is 0.0201. The molecule has 0 bridgehead atoms. The highest BCUT2D eigenvalue weighted by Crippen LogP contribution is 2.29. The molecule has 178 valence electrons. The van der Waals surface area contributed by atoms with Gasteiger partial charge in [-0.25, -0.2) is 4.98 Å². The van der Waals surface area contributed by atoms with E-state index in [1.807, 2.05) is 83.4 Å². The molecular formula is C28H26Cl2N4O. The minimum atomic E-state index is -0.426. The molecule has 5 rings (SSSR count). The summed E-state index contributed by atoms with van der Waals surface area (Å²) in [4.78, 5) is 20.2. The molecule has 3 aromatic carbocycles. The molecule has 1 aromatic heterocycles. The first-order valence-electron chi connectivity index (χ1n) is 11.6. The first-order chi connectivity index (χ1) is 17.0. The second-order valence-electron chi connectivity index (χ2n) is 8.91. The third-order valence-electron chi connectivity index (χ3n) is 6.52. The van der Waals surface area contributed by atoms with E-state index in [1.165, 1.54) is 0 Å². The molecule has 5 nitrogen and oxygen atoms in total. The number of fused-ring (bicyclic) bond motifs is 1. The molecule has 1 aliphatic rings. The van der Waals surface area contributed by atoms with E-state index in [9.17, 15) is 4.79 Å². The molecule has 0 radical (unpaired) electrons. The first-order valence-corrected chi connectivity index (χ1v) is 12.3. The van der Waals surface area contributed by atoms with Gasteiger partial charge >= 0.3 is 0 Å². The Morgan fingerprint density at radius 2 is 1.77 bits per heavy atom. The van der Waals surface area contributed by atoms with Crippen molar-refractivity contribution in [3.05, 3.63) is 118 Å². The van der Waals surface area contributed by atoms with E-state index in [2.05, 4.69) is 22.4 Å². The third kappa shape index (κ3) is 5.27. The van der Waals surface area contributed by atoms with Crippen LogP contribution in [0.5, 0.6) is 0 Å². The van der Waals surface area contributed by atoms with Gasteiger partial charge in [0, 0.05) is 29.0 Å². The number of nitrogens with one attached hydrogen (secondary N) is 1. The Bertz CT molecular complexity index is 1330. The van der Waals surface area contributed by atoms with Crippen molar-refractivity contribution in [1.29, 1.82) is 0 Å². The van der Waals surface area contributed by atoms with Crippen molar-refractivity contribution in [3.8, 4) is 0 Å². The van der Waals surface area contributed by atoms with E-state index >= 15 is 0 Å². The number of hydrogen-bond acceptors (Lipinski definition) is 3. The Balaban J connectivity index is 1.51. The second kappa shape index (κ2) is 10.2. The van der Waals surface area contributed by atoms with Gasteiger partial charge in [-0.15, -0.1) is 0 Å². The van der Waals surface area contributed by atoms with E-state index in [0.717, 1.165) is 28.1 Å². The molecule has 1 N–H and O–H groups in total. The van der Waals surface area contributed by atoms with Crippen LogP contribution in [-0.4, -0.2) is 21.5 Å². The fourth-order valence-corrected chi connectivity index (χ4v) is 5.01. The summed E-state index contributed by atoms with van der Waals surface area (Å²) in [6.45, 7) is 0.501. The Morgan fingerprint density at radius 3 is 2.49 bits per heavy atom. The SMILES string of the molecule is Cn1cncc1C(Cc1ccc(Cl)cc1)NC1Cc2ccccc2CN(c2cccc(Cl)c2)C1=O. The van der Waals surface area contributed by atoms with Crippen LogP contribution < -0.4 is 10.2 Å². The average molecular weight is 505 g/mol. The molecule has 1 amide bonds. The van der Waals surface area contributed by atoms with Crippen LogP contribution in [0.2, 0.25) is 10.0 Å². The molecule has 7 heteroatoms. The summed E-state index contributed by atoms with van der Waals surface area (Å²) >= 11 is 12.4. The summed E-state index contributed by atoms with van der Waals surface area (Å²) in [5, 5.41) is 4.99. The van der Waals surface area contributed by atoms with Gasteiger partial charge in [-0.2, -0.15) is 0 Å². The normalized spacial score (nSPS) is 16.6. The molecule has 0 saturated carbocycles. The molecule has 35 heavy (non-hydrogen) atoms. The number of hydrogen-bond donors (Lipinski definition) is 1. The summed E-state index contributed by atoms with van der Waals surface area (Å²) < 4.78 is 2.00. The predicted octanol–water partition coefficient (Wildman–Crippen LogP) is 5.76. The van der Waals surface area contributed by atoms with Crippen LogP contribution in [0.1, 0.15) is 28.4 Å². The zero-order chi connectivity index (χ0) is 24.4. The fraction of sp³-hybridized carbons (Fsp3) is 0.214. The van der Waals surface area contributed by atoms with Gasteiger partial charge < -0.3 is 9.47 Å². The lowest BCUT2D eigenvalue weighted by molar-refractivity contribution is -0.120. The molecule has 0 aliphatic carbocycles. The van der Waals surface area contributed by atoms with Crippen LogP contribution in [-0.2, 0) is 31.2 Å². The number of aryl methyl sites for hydroxylation is 1. The number of amides is 1. The van der Waals surface area contributed by atoms with Crippen molar-refractivity contribution in [3.63, 3.8) is 0 Å². The fourth-order valence-electron chi connectivity index (χ4n) is 4.70. The number of halogens is 2. The number of nitrogens with zero attached hydrogens (tertiary/aromatic N) is 3. The smallest absolute Gasteiger partial charge is 0.244 e. The van der Waals surface area contributed by atoms with Crippen molar-refractivity contribution >= 4 is 34.8 Å². The van der Waals surface area contributed by atoms with Gasteiger partial charge in [0.15, 0.2) is 0 Å². The number of aromatic nitrogens is 2. The molecule has 1 aliphatic heterocycles. The van der Waals surface area contributed by atoms with Crippen molar-refractivity contribution in [2.24, 2.45) is 7.05 Å². The van der Waals surface area contributed by atoms with Crippen LogP contribution in [0.15, 0.2) is 85.3 Å². The summed E-state index contributed by atoms with van der Waals surface area (Å²) in [5.74, 6) is 0.0201. The first kappa shape index (κ1) is 23.6. The van der Waals surface area contributed by atoms with Gasteiger partial charge in [-0.05, 0) is 59.9 Å². The number of carbonyl (C=O) groups excluding carboxylic acids is 1. The zero-order valence-electron chi connectivity index (χ0n) is 19.4. The van der Waals surface area contributed by atoms with Gasteiger partial charge in [0.1, 0.15) is 0 Å². The number of imidazole rings is 1. The summed E-state index contributed by atoms with van der Waals surface area (Å²) in [6.07, 6.45) is 4.94. The maximum atomic E-state index is 14.0. The van der Waals surface area contributed by atoms with Gasteiger partial charge in [-0.3, -0.25) is 10.1 Å². The van der Waals surface area contributed by atoms with Gasteiger partial charge in [-0.1, -0.05) is 65.7 Å². The maximum absolute atomic E-state index is 14.0. The highest BCUT2D eigenvalue weighted by Gasteiger charge is 2.33. The number of benzene rings is 3. The lowest BCUT2D eigenvalue weighted by atomic mass is 9.98. The molecule has 0 fully saturated rings. The Labute approximate surface area is 215 Å². The minimum Gasteiger partial charge on any atom is -0.336 e. The van der Waals surface area contributed by atoms with Gasteiger partial charge in [0.2, 0.25) is 5.91 Å². The summed E-state index contributed by atoms with van der Waals surface area (Å²) in [6, 6.07) is 23.0. The Morgan fingerprint density at radius 1 is 1.00 bits per heavy atom. The van der Waals surface area contributed by atoms with E-state index < -0.39 is 6.04 Å². The van der Waals surface area contributed by atoms with E-state index in [-0.39, 0.29) is 11.9 Å². The number of rotatable bonds is 6. The van der Waals surface area contributed by atoms with Crippen molar-refractivity contribution < 1.29 is 4.79 Å². The molecule has 2 heterocycles. The molecule has 0 saturated heterocycles. The van der Waals surface area contributed by atoms with E-state index in [1.54, 1.807) is 6.33 Å². The molecular weight excluding hydrogens is 479 g/mol. The molecule has 0 spiro atoms. The standard InChI is InChI=1S/C28H26Cl2N4O/c1-33-18-31-16-27(33)25(13-19-9-11-22(29)12-10-19)32-26-14-20-5-2-3-6-21(20)17-34(28(26)35)24-8-4-7-23(30)15-24/h2-12,15-16,18,25-26,32H,13-14,17H2,1H3. The number of carbonyl (C=O) groups is 1. The lowest BCUT2D eigenvalue weighted by Crippen LogP contribution is -2.48. The van der Waals surface area contributed by atoms with Gasteiger partial charge in [0.25, 0.3) is 0 Å². The van der Waals surface area contributed by atoms with Crippen LogP contribution >= 0.6 is 23.2 Å². The lowest BCUT2D eigenvalue weighted by Gasteiger charge is -2.29.